The van der Waals surface area contributed by atoms with Crippen LogP contribution in [0.5, 0.6) is 0 Å². The predicted molar refractivity (Wildman–Crippen MR) is 79.0 cm³/mol. The molecule has 2 rings (SSSR count). The van der Waals surface area contributed by atoms with Crippen LogP contribution in [0.15, 0.2) is 12.1 Å². The second kappa shape index (κ2) is 5.88. The van der Waals surface area contributed by atoms with Gasteiger partial charge in [-0.1, -0.05) is 31.0 Å². The molecule has 0 saturated heterocycles. The summed E-state index contributed by atoms with van der Waals surface area (Å²) in [6, 6.07) is 5.25. The average Bonchev–Trinajstić information content (AvgIpc) is 2.21. The summed E-state index contributed by atoms with van der Waals surface area (Å²) in [5.74, 6) is 0.858. The van der Waals surface area contributed by atoms with Crippen molar-refractivity contribution >= 4 is 0 Å². The zero-order valence-electron chi connectivity index (χ0n) is 12.3. The first-order valence-electron chi connectivity index (χ1n) is 7.44. The minimum atomic E-state index is 0.583. The van der Waals surface area contributed by atoms with Crippen molar-refractivity contribution in [1.82, 2.24) is 5.32 Å². The number of nitrogens with one attached hydrogen (secondary N) is 1. The van der Waals surface area contributed by atoms with E-state index in [1.54, 1.807) is 5.56 Å². The molecule has 1 aliphatic rings. The van der Waals surface area contributed by atoms with Crippen LogP contribution in [0.2, 0.25) is 0 Å². The molecule has 0 spiro atoms. The van der Waals surface area contributed by atoms with Gasteiger partial charge in [-0.2, -0.15) is 0 Å². The Morgan fingerprint density at radius 2 is 1.78 bits per heavy atom. The number of aryl methyl sites for hydroxylation is 3. The summed E-state index contributed by atoms with van der Waals surface area (Å²) in [5.41, 5.74) is 5.89. The van der Waals surface area contributed by atoms with E-state index in [1.807, 2.05) is 0 Å². The topological polar surface area (TPSA) is 12.0 Å². The zero-order chi connectivity index (χ0) is 13.1. The van der Waals surface area contributed by atoms with Crippen LogP contribution in [0, 0.1) is 26.7 Å². The first kappa shape index (κ1) is 13.6. The molecule has 0 heterocycles. The summed E-state index contributed by atoms with van der Waals surface area (Å²) < 4.78 is 0. The van der Waals surface area contributed by atoms with Crippen LogP contribution in [-0.2, 0) is 0 Å². The van der Waals surface area contributed by atoms with Gasteiger partial charge in [-0.05, 0) is 69.2 Å². The summed E-state index contributed by atoms with van der Waals surface area (Å²) in [6.07, 6.45) is 5.42. The molecule has 18 heavy (non-hydrogen) atoms. The molecular weight excluding hydrogens is 218 g/mol. The Hall–Kier alpha value is -0.820. The molecule has 1 atom stereocenters. The van der Waals surface area contributed by atoms with E-state index >= 15 is 0 Å². The van der Waals surface area contributed by atoms with E-state index in [0.717, 1.165) is 12.5 Å². The maximum absolute atomic E-state index is 3.79. The zero-order valence-corrected chi connectivity index (χ0v) is 12.3. The summed E-state index contributed by atoms with van der Waals surface area (Å²) in [7, 11) is 0. The van der Waals surface area contributed by atoms with Crippen molar-refractivity contribution in [3.05, 3.63) is 34.4 Å². The van der Waals surface area contributed by atoms with Crippen molar-refractivity contribution < 1.29 is 0 Å². The lowest BCUT2D eigenvalue weighted by molar-refractivity contribution is 0.230. The molecule has 1 saturated carbocycles. The van der Waals surface area contributed by atoms with Crippen molar-refractivity contribution in [2.75, 3.05) is 6.54 Å². The fourth-order valence-corrected chi connectivity index (χ4v) is 3.26. The maximum atomic E-state index is 3.79. The molecule has 0 aliphatic heterocycles. The molecule has 100 valence electrons. The summed E-state index contributed by atoms with van der Waals surface area (Å²) in [4.78, 5) is 0. The van der Waals surface area contributed by atoms with Crippen LogP contribution in [0.25, 0.3) is 0 Å². The fourth-order valence-electron chi connectivity index (χ4n) is 3.26. The molecule has 1 N–H and O–H groups in total. The highest BCUT2D eigenvalue weighted by Crippen LogP contribution is 2.40. The van der Waals surface area contributed by atoms with Crippen LogP contribution in [0.3, 0.4) is 0 Å². The van der Waals surface area contributed by atoms with Crippen molar-refractivity contribution in [3.8, 4) is 0 Å². The van der Waals surface area contributed by atoms with Gasteiger partial charge in [0.25, 0.3) is 0 Å². The summed E-state index contributed by atoms with van der Waals surface area (Å²) in [6.45, 7) is 10.1. The van der Waals surface area contributed by atoms with Gasteiger partial charge in [0.2, 0.25) is 0 Å². The standard InChI is InChI=1S/C17H27N/c1-5-9-18-17(15-7-6-8-15)16-13(3)10-12(2)11-14(16)4/h10-11,15,17-18H,5-9H2,1-4H3. The van der Waals surface area contributed by atoms with E-state index in [2.05, 4.69) is 45.1 Å². The second-order valence-corrected chi connectivity index (χ2v) is 5.94. The van der Waals surface area contributed by atoms with Crippen LogP contribution in [0.1, 0.15) is 60.9 Å². The van der Waals surface area contributed by atoms with Crippen molar-refractivity contribution in [2.24, 2.45) is 5.92 Å². The highest BCUT2D eigenvalue weighted by Gasteiger charge is 2.29. The molecule has 0 bridgehead atoms. The van der Waals surface area contributed by atoms with Gasteiger partial charge < -0.3 is 5.32 Å². The van der Waals surface area contributed by atoms with Crippen molar-refractivity contribution in [2.45, 2.75) is 59.4 Å². The molecular formula is C17H27N. The van der Waals surface area contributed by atoms with Gasteiger partial charge in [-0.3, -0.25) is 0 Å². The van der Waals surface area contributed by atoms with Crippen LogP contribution < -0.4 is 5.32 Å². The highest BCUT2D eigenvalue weighted by atomic mass is 14.9. The van der Waals surface area contributed by atoms with E-state index in [1.165, 1.54) is 42.4 Å². The van der Waals surface area contributed by atoms with E-state index in [-0.39, 0.29) is 0 Å². The second-order valence-electron chi connectivity index (χ2n) is 5.94. The monoisotopic (exact) mass is 245 g/mol. The Morgan fingerprint density at radius 1 is 1.17 bits per heavy atom. The first-order valence-corrected chi connectivity index (χ1v) is 7.44. The Kier molecular flexibility index (Phi) is 4.45. The van der Waals surface area contributed by atoms with Gasteiger partial charge in [0.1, 0.15) is 0 Å². The van der Waals surface area contributed by atoms with Crippen molar-refractivity contribution in [3.63, 3.8) is 0 Å². The molecule has 1 fully saturated rings. The SMILES string of the molecule is CCCNC(c1c(C)cc(C)cc1C)C1CCC1. The fraction of sp³-hybridized carbons (Fsp3) is 0.647. The molecule has 1 aromatic carbocycles. The normalized spacial score (nSPS) is 17.6. The molecule has 0 radical (unpaired) electrons. The minimum Gasteiger partial charge on any atom is -0.310 e. The molecule has 1 heteroatoms. The predicted octanol–water partition coefficient (Wildman–Crippen LogP) is 4.45. The first-order chi connectivity index (χ1) is 8.63. The third-order valence-corrected chi connectivity index (χ3v) is 4.28. The van der Waals surface area contributed by atoms with E-state index in [4.69, 9.17) is 0 Å². The number of rotatable bonds is 5. The molecule has 1 nitrogen and oxygen atoms in total. The molecule has 1 unspecified atom stereocenters. The lowest BCUT2D eigenvalue weighted by Gasteiger charge is -2.36. The molecule has 0 aromatic heterocycles. The van der Waals surface area contributed by atoms with Gasteiger partial charge in [0, 0.05) is 6.04 Å². The van der Waals surface area contributed by atoms with E-state index in [9.17, 15) is 0 Å². The molecule has 0 amide bonds. The third-order valence-electron chi connectivity index (χ3n) is 4.28. The smallest absolute Gasteiger partial charge is 0.0353 e. The molecule has 1 aromatic rings. The Labute approximate surface area is 112 Å². The number of hydrogen-bond acceptors (Lipinski definition) is 1. The van der Waals surface area contributed by atoms with Crippen molar-refractivity contribution in [1.29, 1.82) is 0 Å². The van der Waals surface area contributed by atoms with Crippen LogP contribution in [-0.4, -0.2) is 6.54 Å². The van der Waals surface area contributed by atoms with Gasteiger partial charge in [0.15, 0.2) is 0 Å². The molecule has 1 aliphatic carbocycles. The maximum Gasteiger partial charge on any atom is 0.0353 e. The Bertz CT molecular complexity index is 381. The van der Waals surface area contributed by atoms with Gasteiger partial charge in [0.05, 0.1) is 0 Å². The summed E-state index contributed by atoms with van der Waals surface area (Å²) >= 11 is 0. The van der Waals surface area contributed by atoms with Gasteiger partial charge in [-0.25, -0.2) is 0 Å². The van der Waals surface area contributed by atoms with E-state index in [0.29, 0.717) is 6.04 Å². The lowest BCUT2D eigenvalue weighted by atomic mass is 9.75. The Balaban J connectivity index is 2.28. The highest BCUT2D eigenvalue weighted by molar-refractivity contribution is 5.40. The van der Waals surface area contributed by atoms with E-state index < -0.39 is 0 Å². The number of hydrogen-bond donors (Lipinski definition) is 1. The summed E-state index contributed by atoms with van der Waals surface area (Å²) in [5, 5.41) is 3.79. The number of benzene rings is 1. The lowest BCUT2D eigenvalue weighted by Crippen LogP contribution is -2.33. The minimum absolute atomic E-state index is 0.583. The van der Waals surface area contributed by atoms with Gasteiger partial charge in [-0.15, -0.1) is 0 Å². The Morgan fingerprint density at radius 3 is 2.22 bits per heavy atom. The quantitative estimate of drug-likeness (QED) is 0.808. The third kappa shape index (κ3) is 2.77. The van der Waals surface area contributed by atoms with Crippen LogP contribution >= 0.6 is 0 Å². The largest absolute Gasteiger partial charge is 0.310 e. The van der Waals surface area contributed by atoms with Crippen LogP contribution in [0.4, 0.5) is 0 Å². The average molecular weight is 245 g/mol. The van der Waals surface area contributed by atoms with Gasteiger partial charge >= 0.3 is 0 Å².